The Morgan fingerprint density at radius 1 is 0.938 bits per heavy atom. The van der Waals surface area contributed by atoms with E-state index in [-0.39, 0.29) is 30.0 Å². The van der Waals surface area contributed by atoms with E-state index in [1.165, 1.54) is 17.9 Å². The second-order valence-corrected chi connectivity index (χ2v) is 11.8. The quantitative estimate of drug-likeness (QED) is 0.148. The maximum Gasteiger partial charge on any atom is 0.246 e. The van der Waals surface area contributed by atoms with E-state index >= 15 is 0 Å². The molecule has 0 fully saturated rings. The zero-order valence-electron chi connectivity index (χ0n) is 26.6. The highest BCUT2D eigenvalue weighted by Gasteiger charge is 2.19. The van der Waals surface area contributed by atoms with Crippen LogP contribution in [-0.2, 0) is 27.5 Å². The van der Waals surface area contributed by atoms with E-state index in [9.17, 15) is 14.4 Å². The molecule has 0 unspecified atom stereocenters. The molecule has 0 aliphatic rings. The number of hydrogen-bond acceptors (Lipinski definition) is 6. The second kappa shape index (κ2) is 15.6. The molecule has 3 aromatic carbocycles. The number of amides is 3. The number of nitrogens with zero attached hydrogens (tertiary/aromatic N) is 4. The van der Waals surface area contributed by atoms with Crippen molar-refractivity contribution in [3.8, 4) is 5.75 Å². The van der Waals surface area contributed by atoms with Crippen molar-refractivity contribution in [2.45, 2.75) is 27.0 Å². The van der Waals surface area contributed by atoms with Crippen LogP contribution in [0.3, 0.4) is 0 Å². The van der Waals surface area contributed by atoms with Gasteiger partial charge in [-0.1, -0.05) is 53.5 Å². The van der Waals surface area contributed by atoms with Gasteiger partial charge in [0.15, 0.2) is 0 Å². The van der Waals surface area contributed by atoms with Crippen molar-refractivity contribution in [3.05, 3.63) is 130 Å². The van der Waals surface area contributed by atoms with Gasteiger partial charge in [-0.05, 0) is 72.7 Å². The highest BCUT2D eigenvalue weighted by atomic mass is 35.5. The van der Waals surface area contributed by atoms with Crippen LogP contribution in [0.15, 0.2) is 97.3 Å². The lowest BCUT2D eigenvalue weighted by molar-refractivity contribution is -0.122. The molecule has 0 radical (unpaired) electrons. The molecule has 0 aliphatic heterocycles. The predicted octanol–water partition coefficient (Wildman–Crippen LogP) is 7.17. The highest BCUT2D eigenvalue weighted by molar-refractivity contribution is 6.38. The third-order valence-corrected chi connectivity index (χ3v) is 8.39. The largest absolute Gasteiger partial charge is 0.487 e. The lowest BCUT2D eigenvalue weighted by Crippen LogP contribution is -2.37. The summed E-state index contributed by atoms with van der Waals surface area (Å²) in [6.07, 6.45) is 6.34. The first-order valence-electron chi connectivity index (χ1n) is 15.1. The average molecular weight is 683 g/mol. The summed E-state index contributed by atoms with van der Waals surface area (Å²) in [5.74, 6) is -0.338. The van der Waals surface area contributed by atoms with Gasteiger partial charge < -0.3 is 19.9 Å². The molecule has 3 amide bonds. The number of halogens is 2. The Hall–Kier alpha value is -5.25. The molecule has 5 rings (SSSR count). The number of carbonyl (C=O) groups is 3. The summed E-state index contributed by atoms with van der Waals surface area (Å²) in [6, 6.07) is 23.8. The average Bonchev–Trinajstić information content (AvgIpc) is 3.09. The molecule has 0 aliphatic carbocycles. The van der Waals surface area contributed by atoms with Crippen molar-refractivity contribution >= 4 is 69.3 Å². The van der Waals surface area contributed by atoms with Crippen molar-refractivity contribution in [2.75, 3.05) is 23.4 Å². The fraction of sp³-hybridized carbons (Fsp3) is 0.162. The molecular weight excluding hydrogens is 649 g/mol. The number of pyridine rings is 2. The second-order valence-electron chi connectivity index (χ2n) is 11.0. The fourth-order valence-electron chi connectivity index (χ4n) is 4.93. The van der Waals surface area contributed by atoms with Crippen LogP contribution in [0.5, 0.6) is 5.75 Å². The number of fused-ring (bicyclic) bond motifs is 1. The van der Waals surface area contributed by atoms with Crippen LogP contribution < -0.4 is 19.9 Å². The molecule has 5 aromatic rings. The van der Waals surface area contributed by atoms with E-state index in [0.29, 0.717) is 28.6 Å². The van der Waals surface area contributed by atoms with Crippen LogP contribution in [0.2, 0.25) is 10.0 Å². The van der Waals surface area contributed by atoms with Crippen LogP contribution in [0.25, 0.3) is 17.0 Å². The standard InChI is InChI=1S/C37H33Cl2N5O4/c1-24-7-11-28-5-4-6-33(37(28)42-24)48-23-30-31(38)14-15-32(36(30)39)43(3)35(47)21-41-34(46)16-10-26-8-12-29(13-9-26)44(25(2)45)22-27-17-19-40-20-18-27/h4-20H,21-23H2,1-3H3,(H,41,46). The summed E-state index contributed by atoms with van der Waals surface area (Å²) in [6.45, 7) is 3.64. The van der Waals surface area contributed by atoms with E-state index in [1.807, 2.05) is 73.7 Å². The number of rotatable bonds is 11. The van der Waals surface area contributed by atoms with E-state index in [2.05, 4.69) is 15.3 Å². The van der Waals surface area contributed by atoms with Gasteiger partial charge in [0.05, 0.1) is 23.8 Å². The molecular formula is C37H33Cl2N5O4. The van der Waals surface area contributed by atoms with Crippen molar-refractivity contribution in [1.29, 1.82) is 0 Å². The SMILES string of the molecule is CC(=O)N(Cc1ccncc1)c1ccc(C=CC(=O)NCC(=O)N(C)c2ccc(Cl)c(COc3cccc4ccc(C)nc34)c2Cl)cc1. The van der Waals surface area contributed by atoms with E-state index < -0.39 is 5.91 Å². The number of aromatic nitrogens is 2. The minimum atomic E-state index is -0.445. The Balaban J connectivity index is 1.18. The molecule has 9 nitrogen and oxygen atoms in total. The molecule has 0 saturated heterocycles. The Kier molecular flexibility index (Phi) is 11.1. The van der Waals surface area contributed by atoms with Gasteiger partial charge in [0, 0.05) is 59.8 Å². The fourth-order valence-corrected chi connectivity index (χ4v) is 5.53. The summed E-state index contributed by atoms with van der Waals surface area (Å²) in [7, 11) is 1.57. The molecule has 2 heterocycles. The third-order valence-electron chi connectivity index (χ3n) is 7.61. The minimum Gasteiger partial charge on any atom is -0.487 e. The highest BCUT2D eigenvalue weighted by Crippen LogP contribution is 2.35. The predicted molar refractivity (Wildman–Crippen MR) is 190 cm³/mol. The first-order valence-corrected chi connectivity index (χ1v) is 15.8. The van der Waals surface area contributed by atoms with Gasteiger partial charge in [-0.15, -0.1) is 0 Å². The minimum absolute atomic E-state index is 0.0578. The van der Waals surface area contributed by atoms with Crippen molar-refractivity contribution in [3.63, 3.8) is 0 Å². The topological polar surface area (TPSA) is 105 Å². The van der Waals surface area contributed by atoms with Crippen molar-refractivity contribution in [1.82, 2.24) is 15.3 Å². The summed E-state index contributed by atoms with van der Waals surface area (Å²) >= 11 is 13.2. The number of nitrogens with one attached hydrogen (secondary N) is 1. The molecule has 48 heavy (non-hydrogen) atoms. The van der Waals surface area contributed by atoms with Gasteiger partial charge in [0.1, 0.15) is 17.9 Å². The van der Waals surface area contributed by atoms with Gasteiger partial charge in [-0.25, -0.2) is 4.98 Å². The molecule has 244 valence electrons. The Morgan fingerprint density at radius 2 is 1.69 bits per heavy atom. The van der Waals surface area contributed by atoms with E-state index in [4.69, 9.17) is 27.9 Å². The smallest absolute Gasteiger partial charge is 0.246 e. The Morgan fingerprint density at radius 3 is 2.42 bits per heavy atom. The van der Waals surface area contributed by atoms with Crippen molar-refractivity contribution < 1.29 is 19.1 Å². The zero-order chi connectivity index (χ0) is 34.2. The van der Waals surface area contributed by atoms with Gasteiger partial charge in [-0.3, -0.25) is 19.4 Å². The van der Waals surface area contributed by atoms with Crippen LogP contribution >= 0.6 is 23.2 Å². The molecule has 0 spiro atoms. The molecule has 1 N–H and O–H groups in total. The number of carbonyl (C=O) groups excluding carboxylic acids is 3. The first kappa shape index (κ1) is 34.1. The number of likely N-dealkylation sites (N-methyl/N-ethyl adjacent to an activating group) is 1. The van der Waals surface area contributed by atoms with Crippen LogP contribution in [0, 0.1) is 6.92 Å². The normalized spacial score (nSPS) is 11.0. The lowest BCUT2D eigenvalue weighted by Gasteiger charge is -2.21. The van der Waals surface area contributed by atoms with Crippen LogP contribution in [0.4, 0.5) is 11.4 Å². The summed E-state index contributed by atoms with van der Waals surface area (Å²) in [5.41, 5.74) is 4.97. The lowest BCUT2D eigenvalue weighted by atomic mass is 10.1. The molecule has 0 bridgehead atoms. The van der Waals surface area contributed by atoms with Gasteiger partial charge >= 0.3 is 0 Å². The molecule has 11 heteroatoms. The number of aryl methyl sites for hydroxylation is 1. The molecule has 2 aromatic heterocycles. The summed E-state index contributed by atoms with van der Waals surface area (Å²) in [4.78, 5) is 49.5. The van der Waals surface area contributed by atoms with Gasteiger partial charge in [-0.2, -0.15) is 0 Å². The van der Waals surface area contributed by atoms with Crippen LogP contribution in [-0.4, -0.2) is 41.3 Å². The summed E-state index contributed by atoms with van der Waals surface area (Å²) in [5, 5.41) is 4.21. The van der Waals surface area contributed by atoms with E-state index in [1.54, 1.807) is 42.6 Å². The van der Waals surface area contributed by atoms with E-state index in [0.717, 1.165) is 33.4 Å². The number of hydrogen-bond donors (Lipinski definition) is 1. The number of anilines is 2. The number of ether oxygens (including phenoxy) is 1. The summed E-state index contributed by atoms with van der Waals surface area (Å²) < 4.78 is 6.09. The first-order chi connectivity index (χ1) is 23.1. The molecule has 0 saturated carbocycles. The Bertz CT molecular complexity index is 1980. The van der Waals surface area contributed by atoms with Crippen molar-refractivity contribution in [2.24, 2.45) is 0 Å². The maximum absolute atomic E-state index is 13.0. The maximum atomic E-state index is 13.0. The number of para-hydroxylation sites is 1. The molecule has 0 atom stereocenters. The monoisotopic (exact) mass is 681 g/mol. The van der Waals surface area contributed by atoms with Gasteiger partial charge in [0.25, 0.3) is 0 Å². The van der Waals surface area contributed by atoms with Gasteiger partial charge in [0.2, 0.25) is 17.7 Å². The number of benzene rings is 3. The zero-order valence-corrected chi connectivity index (χ0v) is 28.1. The van der Waals surface area contributed by atoms with Crippen LogP contribution in [0.1, 0.15) is 29.3 Å². The Labute approximate surface area is 288 Å². The third kappa shape index (κ3) is 8.36.